The van der Waals surface area contributed by atoms with E-state index in [0.29, 0.717) is 6.04 Å². The van der Waals surface area contributed by atoms with Crippen LogP contribution in [0.15, 0.2) is 0 Å². The van der Waals surface area contributed by atoms with Crippen molar-refractivity contribution in [2.45, 2.75) is 25.8 Å². The Hall–Kier alpha value is -0.240. The smallest absolute Gasteiger partial charge is 0.237 e. The second kappa shape index (κ2) is 3.24. The van der Waals surface area contributed by atoms with Crippen molar-refractivity contribution < 1.29 is 4.79 Å². The Balaban J connectivity index is 2.46. The van der Waals surface area contributed by atoms with Gasteiger partial charge in [0.05, 0.1) is 0 Å². The van der Waals surface area contributed by atoms with Crippen molar-refractivity contribution in [3.63, 3.8) is 0 Å². The Labute approximate surface area is 66.1 Å². The zero-order valence-corrected chi connectivity index (χ0v) is 6.90. The SMILES string of the molecule is CC1CCCN1C(=O)CCl. The van der Waals surface area contributed by atoms with Crippen molar-refractivity contribution in [1.82, 2.24) is 4.90 Å². The van der Waals surface area contributed by atoms with Crippen molar-refractivity contribution >= 4 is 17.5 Å². The predicted octanol–water partition coefficient (Wildman–Crippen LogP) is 1.24. The van der Waals surface area contributed by atoms with E-state index in [9.17, 15) is 4.79 Å². The maximum atomic E-state index is 11.0. The third-order valence-electron chi connectivity index (χ3n) is 1.99. The van der Waals surface area contributed by atoms with Crippen molar-refractivity contribution in [1.29, 1.82) is 0 Å². The molecule has 0 aliphatic carbocycles. The second-order valence-corrected chi connectivity index (χ2v) is 2.98. The standard InChI is InChI=1S/C7H12ClNO/c1-6-3-2-4-9(6)7(10)5-8/h6H,2-5H2,1H3. The lowest BCUT2D eigenvalue weighted by atomic mass is 10.2. The minimum Gasteiger partial charge on any atom is -0.339 e. The summed E-state index contributed by atoms with van der Waals surface area (Å²) in [7, 11) is 0. The van der Waals surface area contributed by atoms with Gasteiger partial charge in [-0.3, -0.25) is 4.79 Å². The Bertz CT molecular complexity index is 138. The first-order valence-corrected chi connectivity index (χ1v) is 4.14. The number of alkyl halides is 1. The molecule has 0 aromatic rings. The minimum absolute atomic E-state index is 0.0756. The largest absolute Gasteiger partial charge is 0.339 e. The molecule has 0 aromatic heterocycles. The number of nitrogens with zero attached hydrogens (tertiary/aromatic N) is 1. The molecule has 1 aliphatic rings. The number of amides is 1. The molecule has 1 unspecified atom stereocenters. The topological polar surface area (TPSA) is 20.3 Å². The summed E-state index contributed by atoms with van der Waals surface area (Å²) < 4.78 is 0. The zero-order chi connectivity index (χ0) is 7.56. The lowest BCUT2D eigenvalue weighted by molar-refractivity contribution is -0.128. The molecule has 0 radical (unpaired) electrons. The summed E-state index contributed by atoms with van der Waals surface area (Å²) >= 11 is 5.41. The molecule has 10 heavy (non-hydrogen) atoms. The summed E-state index contributed by atoms with van der Waals surface area (Å²) in [5.74, 6) is 0.205. The minimum atomic E-state index is 0.0756. The molecule has 1 aliphatic heterocycles. The summed E-state index contributed by atoms with van der Waals surface area (Å²) in [6, 6.07) is 0.409. The summed E-state index contributed by atoms with van der Waals surface area (Å²) in [5.41, 5.74) is 0. The van der Waals surface area contributed by atoms with Crippen molar-refractivity contribution in [3.05, 3.63) is 0 Å². The highest BCUT2D eigenvalue weighted by molar-refractivity contribution is 6.27. The van der Waals surface area contributed by atoms with Gasteiger partial charge in [0, 0.05) is 12.6 Å². The molecule has 2 nitrogen and oxygen atoms in total. The maximum Gasteiger partial charge on any atom is 0.237 e. The van der Waals surface area contributed by atoms with Crippen LogP contribution >= 0.6 is 11.6 Å². The highest BCUT2D eigenvalue weighted by Gasteiger charge is 2.23. The summed E-state index contributed by atoms with van der Waals surface area (Å²) in [5, 5.41) is 0. The van der Waals surface area contributed by atoms with E-state index in [1.807, 2.05) is 4.90 Å². The maximum absolute atomic E-state index is 11.0. The molecule has 1 saturated heterocycles. The quantitative estimate of drug-likeness (QED) is 0.530. The fourth-order valence-electron chi connectivity index (χ4n) is 1.38. The monoisotopic (exact) mass is 161 g/mol. The average Bonchev–Trinajstić information content (AvgIpc) is 2.34. The fourth-order valence-corrected chi connectivity index (χ4v) is 1.53. The molecule has 0 bridgehead atoms. The number of carbonyl (C=O) groups is 1. The normalized spacial score (nSPS) is 25.4. The molecule has 0 saturated carbocycles. The number of hydrogen-bond acceptors (Lipinski definition) is 1. The van der Waals surface area contributed by atoms with Gasteiger partial charge in [-0.2, -0.15) is 0 Å². The van der Waals surface area contributed by atoms with E-state index in [2.05, 4.69) is 6.92 Å². The lowest BCUT2D eigenvalue weighted by Crippen LogP contribution is -2.34. The van der Waals surface area contributed by atoms with Crippen LogP contribution in [-0.2, 0) is 4.79 Å². The Morgan fingerprint density at radius 1 is 1.80 bits per heavy atom. The van der Waals surface area contributed by atoms with E-state index in [4.69, 9.17) is 11.6 Å². The highest BCUT2D eigenvalue weighted by Crippen LogP contribution is 2.16. The third kappa shape index (κ3) is 1.43. The summed E-state index contributed by atoms with van der Waals surface area (Å²) in [4.78, 5) is 12.9. The molecule has 58 valence electrons. The van der Waals surface area contributed by atoms with Gasteiger partial charge < -0.3 is 4.90 Å². The number of halogens is 1. The van der Waals surface area contributed by atoms with Crippen LogP contribution in [-0.4, -0.2) is 29.3 Å². The van der Waals surface area contributed by atoms with E-state index >= 15 is 0 Å². The molecule has 1 heterocycles. The van der Waals surface area contributed by atoms with Crippen LogP contribution in [0.2, 0.25) is 0 Å². The molecular formula is C7H12ClNO. The predicted molar refractivity (Wildman–Crippen MR) is 41.1 cm³/mol. The van der Waals surface area contributed by atoms with Gasteiger partial charge >= 0.3 is 0 Å². The number of hydrogen-bond donors (Lipinski definition) is 0. The number of carbonyl (C=O) groups excluding carboxylic acids is 1. The molecule has 0 aromatic carbocycles. The van der Waals surface area contributed by atoms with E-state index in [-0.39, 0.29) is 11.8 Å². The first kappa shape index (κ1) is 7.86. The molecule has 1 rings (SSSR count). The molecule has 0 spiro atoms. The first-order chi connectivity index (χ1) is 4.75. The van der Waals surface area contributed by atoms with Crippen molar-refractivity contribution in [2.24, 2.45) is 0 Å². The van der Waals surface area contributed by atoms with Crippen molar-refractivity contribution in [3.8, 4) is 0 Å². The van der Waals surface area contributed by atoms with Gasteiger partial charge in [0.25, 0.3) is 0 Å². The first-order valence-electron chi connectivity index (χ1n) is 3.61. The summed E-state index contributed by atoms with van der Waals surface area (Å²) in [6.07, 6.45) is 2.26. The average molecular weight is 162 g/mol. The van der Waals surface area contributed by atoms with Crippen LogP contribution < -0.4 is 0 Å². The van der Waals surface area contributed by atoms with E-state index < -0.39 is 0 Å². The van der Waals surface area contributed by atoms with Crippen LogP contribution in [0.25, 0.3) is 0 Å². The van der Waals surface area contributed by atoms with E-state index in [1.165, 1.54) is 0 Å². The number of rotatable bonds is 1. The van der Waals surface area contributed by atoms with Gasteiger partial charge in [-0.05, 0) is 19.8 Å². The van der Waals surface area contributed by atoms with Crippen LogP contribution in [0, 0.1) is 0 Å². The van der Waals surface area contributed by atoms with Crippen LogP contribution in [0.5, 0.6) is 0 Å². The van der Waals surface area contributed by atoms with Crippen LogP contribution in [0.3, 0.4) is 0 Å². The Morgan fingerprint density at radius 2 is 2.50 bits per heavy atom. The molecule has 1 fully saturated rings. The van der Waals surface area contributed by atoms with Gasteiger partial charge in [0.15, 0.2) is 0 Å². The fraction of sp³-hybridized carbons (Fsp3) is 0.857. The number of likely N-dealkylation sites (tertiary alicyclic amines) is 1. The second-order valence-electron chi connectivity index (χ2n) is 2.71. The molecule has 3 heteroatoms. The molecule has 0 N–H and O–H groups in total. The van der Waals surface area contributed by atoms with E-state index in [0.717, 1.165) is 19.4 Å². The van der Waals surface area contributed by atoms with Gasteiger partial charge in [-0.25, -0.2) is 0 Å². The Kier molecular flexibility index (Phi) is 2.55. The van der Waals surface area contributed by atoms with Gasteiger partial charge in [0.1, 0.15) is 5.88 Å². The molecular weight excluding hydrogens is 150 g/mol. The van der Waals surface area contributed by atoms with Crippen LogP contribution in [0.4, 0.5) is 0 Å². The molecule has 1 amide bonds. The van der Waals surface area contributed by atoms with E-state index in [1.54, 1.807) is 0 Å². The Morgan fingerprint density at radius 3 is 2.90 bits per heavy atom. The zero-order valence-electron chi connectivity index (χ0n) is 6.14. The highest BCUT2D eigenvalue weighted by atomic mass is 35.5. The van der Waals surface area contributed by atoms with Gasteiger partial charge in [-0.1, -0.05) is 0 Å². The third-order valence-corrected chi connectivity index (χ3v) is 2.22. The van der Waals surface area contributed by atoms with Gasteiger partial charge in [0.2, 0.25) is 5.91 Å². The van der Waals surface area contributed by atoms with Crippen molar-refractivity contribution in [2.75, 3.05) is 12.4 Å². The molecule has 1 atom stereocenters. The summed E-state index contributed by atoms with van der Waals surface area (Å²) in [6.45, 7) is 2.96. The van der Waals surface area contributed by atoms with Gasteiger partial charge in [-0.15, -0.1) is 11.6 Å². The van der Waals surface area contributed by atoms with Crippen LogP contribution in [0.1, 0.15) is 19.8 Å². The lowest BCUT2D eigenvalue weighted by Gasteiger charge is -2.19.